The van der Waals surface area contributed by atoms with Crippen molar-refractivity contribution in [3.63, 3.8) is 0 Å². The molecule has 25 heteroatoms. The molecule has 0 fully saturated rings. The lowest BCUT2D eigenvalue weighted by molar-refractivity contribution is -0.139. The van der Waals surface area contributed by atoms with E-state index in [4.69, 9.17) is 33.1 Å². The van der Waals surface area contributed by atoms with Gasteiger partial charge in [-0.2, -0.15) is 11.8 Å². The van der Waals surface area contributed by atoms with Crippen LogP contribution in [-0.4, -0.2) is 155 Å². The number of carboxylic acids is 2. The molecule has 0 radical (unpaired) electrons. The molecule has 0 bridgehead atoms. The number of rotatable bonds is 31. The summed E-state index contributed by atoms with van der Waals surface area (Å²) < 4.78 is 0. The fourth-order valence-electron chi connectivity index (χ4n) is 5.31. The van der Waals surface area contributed by atoms with Crippen LogP contribution in [0, 0.1) is 5.92 Å². The molecule has 60 heavy (non-hydrogen) atoms. The molecule has 18 N–H and O–H groups in total. The van der Waals surface area contributed by atoms with Crippen LogP contribution in [0.2, 0.25) is 0 Å². The Morgan fingerprint density at radius 2 is 1.03 bits per heavy atom. The van der Waals surface area contributed by atoms with Crippen molar-refractivity contribution in [2.24, 2.45) is 28.9 Å². The number of nitrogens with one attached hydrogen (secondary N) is 7. The number of amides is 8. The first-order valence-corrected chi connectivity index (χ1v) is 20.6. The first-order chi connectivity index (χ1) is 28.1. The average molecular weight is 878 g/mol. The summed E-state index contributed by atoms with van der Waals surface area (Å²) in [4.78, 5) is 127. The Hall–Kier alpha value is -5.11. The molecular weight excluding hydrogens is 815 g/mol. The summed E-state index contributed by atoms with van der Waals surface area (Å²) in [6, 6.07) is -9.93. The van der Waals surface area contributed by atoms with Gasteiger partial charge in [-0.05, 0) is 76.5 Å². The predicted octanol–water partition coefficient (Wildman–Crippen LogP) is -5.57. The Kier molecular flexibility index (Phi) is 26.7. The molecule has 0 aliphatic rings. The largest absolute Gasteiger partial charge is 0.481 e. The third-order valence-corrected chi connectivity index (χ3v) is 9.32. The minimum Gasteiger partial charge on any atom is -0.481 e. The van der Waals surface area contributed by atoms with Crippen molar-refractivity contribution < 1.29 is 63.3 Å². The van der Waals surface area contributed by atoms with Gasteiger partial charge in [0.1, 0.15) is 42.8 Å². The molecule has 342 valence electrons. The van der Waals surface area contributed by atoms with E-state index in [1.807, 2.05) is 0 Å². The Balaban J connectivity index is 6.22. The Morgan fingerprint density at radius 1 is 0.583 bits per heavy atom. The van der Waals surface area contributed by atoms with Crippen LogP contribution < -0.4 is 60.2 Å². The van der Waals surface area contributed by atoms with Crippen molar-refractivity contribution in [1.82, 2.24) is 37.2 Å². The van der Waals surface area contributed by atoms with Gasteiger partial charge >= 0.3 is 11.9 Å². The maximum atomic E-state index is 13.7. The van der Waals surface area contributed by atoms with Crippen LogP contribution >= 0.6 is 11.8 Å². The molecule has 24 nitrogen and oxygen atoms in total. The van der Waals surface area contributed by atoms with E-state index in [-0.39, 0.29) is 51.6 Å². The second kappa shape index (κ2) is 29.2. The van der Waals surface area contributed by atoms with Crippen LogP contribution in [0.25, 0.3) is 0 Å². The Bertz CT molecular complexity index is 1490. The maximum absolute atomic E-state index is 13.7. The lowest BCUT2D eigenvalue weighted by Crippen LogP contribution is -2.62. The highest BCUT2D eigenvalue weighted by Crippen LogP contribution is 2.09. The van der Waals surface area contributed by atoms with Gasteiger partial charge in [-0.15, -0.1) is 0 Å². The summed E-state index contributed by atoms with van der Waals surface area (Å²) in [5, 5.41) is 45.0. The van der Waals surface area contributed by atoms with Crippen LogP contribution in [0.15, 0.2) is 0 Å². The summed E-state index contributed by atoms with van der Waals surface area (Å²) in [5.41, 5.74) is 22.3. The molecule has 0 aromatic rings. The zero-order chi connectivity index (χ0) is 46.1. The lowest BCUT2D eigenvalue weighted by atomic mass is 10.0. The SMILES string of the molecule is CSCC[C@H](NC(=O)[C@@H](N)CCC(=O)O)C(=O)N[C@H](C(=O)NC(CCCN)C(=O)N[C@H](C(=O)N[C@@H](CC(N)=O)C(=O)NC(CCCN)C(=O)NCC(=O)O)C(C)C)[C@@H](C)O. The van der Waals surface area contributed by atoms with E-state index in [1.165, 1.54) is 18.7 Å². The molecule has 0 saturated carbocycles. The van der Waals surface area contributed by atoms with Gasteiger partial charge in [0.2, 0.25) is 47.3 Å². The van der Waals surface area contributed by atoms with Crippen molar-refractivity contribution in [3.8, 4) is 0 Å². The molecule has 0 aliphatic heterocycles. The van der Waals surface area contributed by atoms with E-state index in [1.54, 1.807) is 20.1 Å². The highest BCUT2D eigenvalue weighted by molar-refractivity contribution is 7.98. The van der Waals surface area contributed by atoms with Crippen molar-refractivity contribution in [3.05, 3.63) is 0 Å². The average Bonchev–Trinajstić information content (AvgIpc) is 3.17. The van der Waals surface area contributed by atoms with Crippen LogP contribution in [-0.2, 0) is 47.9 Å². The van der Waals surface area contributed by atoms with E-state index >= 15 is 0 Å². The number of hydrogen-bond donors (Lipinski definition) is 14. The molecular formula is C35H63N11O13S. The number of thioether (sulfide) groups is 1. The number of carboxylic acid groups (broad SMARTS) is 2. The number of primary amides is 1. The molecule has 0 aliphatic carbocycles. The topological polar surface area (TPSA) is 420 Å². The van der Waals surface area contributed by atoms with Gasteiger partial charge in [0.15, 0.2) is 0 Å². The summed E-state index contributed by atoms with van der Waals surface area (Å²) in [5.74, 6) is -10.3. The number of hydrogen-bond acceptors (Lipinski definition) is 15. The molecule has 2 unspecified atom stereocenters. The smallest absolute Gasteiger partial charge is 0.322 e. The second-order valence-corrected chi connectivity index (χ2v) is 15.2. The van der Waals surface area contributed by atoms with Crippen LogP contribution in [0.1, 0.15) is 72.1 Å². The Labute approximate surface area is 351 Å². The summed E-state index contributed by atoms with van der Waals surface area (Å²) in [6.07, 6.45) is -0.764. The summed E-state index contributed by atoms with van der Waals surface area (Å²) in [6.45, 7) is 3.71. The van der Waals surface area contributed by atoms with Crippen molar-refractivity contribution in [2.75, 3.05) is 31.6 Å². The predicted molar refractivity (Wildman–Crippen MR) is 217 cm³/mol. The van der Waals surface area contributed by atoms with Crippen molar-refractivity contribution in [2.45, 2.75) is 121 Å². The maximum Gasteiger partial charge on any atom is 0.322 e. The van der Waals surface area contributed by atoms with Gasteiger partial charge in [0, 0.05) is 6.42 Å². The minimum atomic E-state index is -1.67. The lowest BCUT2D eigenvalue weighted by Gasteiger charge is -2.29. The van der Waals surface area contributed by atoms with Gasteiger partial charge in [-0.25, -0.2) is 0 Å². The monoisotopic (exact) mass is 877 g/mol. The number of carbonyl (C=O) groups is 10. The number of aliphatic hydroxyl groups excluding tert-OH is 1. The molecule has 8 atom stereocenters. The normalized spacial score (nSPS) is 15.0. The quantitative estimate of drug-likeness (QED) is 0.0309. The van der Waals surface area contributed by atoms with E-state index < -0.39 is 133 Å². The zero-order valence-corrected chi connectivity index (χ0v) is 35.1. The molecule has 8 amide bonds. The molecule has 0 aromatic heterocycles. The fraction of sp³-hybridized carbons (Fsp3) is 0.714. The highest BCUT2D eigenvalue weighted by atomic mass is 32.2. The van der Waals surface area contributed by atoms with Crippen LogP contribution in [0.4, 0.5) is 0 Å². The van der Waals surface area contributed by atoms with Gasteiger partial charge in [0.25, 0.3) is 0 Å². The number of carbonyl (C=O) groups excluding carboxylic acids is 8. The molecule has 0 rings (SSSR count). The molecule has 0 saturated heterocycles. The number of nitrogens with two attached hydrogens (primary N) is 4. The van der Waals surface area contributed by atoms with E-state index in [0.29, 0.717) is 5.75 Å². The number of aliphatic carboxylic acids is 2. The van der Waals surface area contributed by atoms with E-state index in [0.717, 1.165) is 0 Å². The summed E-state index contributed by atoms with van der Waals surface area (Å²) in [7, 11) is 0. The van der Waals surface area contributed by atoms with Crippen molar-refractivity contribution >= 4 is 71.0 Å². The van der Waals surface area contributed by atoms with Gasteiger partial charge < -0.3 is 75.5 Å². The molecule has 0 aromatic carbocycles. The Morgan fingerprint density at radius 3 is 1.50 bits per heavy atom. The van der Waals surface area contributed by atoms with Gasteiger partial charge in [-0.3, -0.25) is 47.9 Å². The van der Waals surface area contributed by atoms with Gasteiger partial charge in [0.05, 0.1) is 18.6 Å². The third-order valence-electron chi connectivity index (χ3n) is 8.67. The first kappa shape index (κ1) is 54.9. The van der Waals surface area contributed by atoms with Crippen molar-refractivity contribution in [1.29, 1.82) is 0 Å². The first-order valence-electron chi connectivity index (χ1n) is 19.2. The van der Waals surface area contributed by atoms with E-state index in [9.17, 15) is 53.1 Å². The summed E-state index contributed by atoms with van der Waals surface area (Å²) >= 11 is 1.34. The minimum absolute atomic E-state index is 0.0227. The standard InChI is InChI=1S/C35H63N11O13S/c1-17(2)27(34(58)44-23(15-24(39)48)33(57)42-20(7-5-12-36)30(54)40-16-26(51)52)45-31(55)21(8-6-13-37)43-35(59)28(18(3)47)46-32(56)22(11-14-60-4)41-29(53)19(38)9-10-25(49)50/h17-23,27-28,47H,5-16,36-38H2,1-4H3,(H2,39,48)(H,40,54)(H,41,53)(H,42,57)(H,43,59)(H,44,58)(H,45,55)(H,46,56)(H,49,50)(H,51,52)/t18-,19+,20?,21?,22+,23+,27+,28+/m1/s1. The van der Waals surface area contributed by atoms with Crippen LogP contribution in [0.3, 0.4) is 0 Å². The highest BCUT2D eigenvalue weighted by Gasteiger charge is 2.36. The molecule has 0 spiro atoms. The van der Waals surface area contributed by atoms with E-state index in [2.05, 4.69) is 37.2 Å². The van der Waals surface area contributed by atoms with Crippen LogP contribution in [0.5, 0.6) is 0 Å². The second-order valence-electron chi connectivity index (χ2n) is 14.2. The zero-order valence-electron chi connectivity index (χ0n) is 34.3. The van der Waals surface area contributed by atoms with Gasteiger partial charge in [-0.1, -0.05) is 13.8 Å². The number of aliphatic hydroxyl groups is 1. The molecule has 0 heterocycles. The third kappa shape index (κ3) is 21.8. The fourth-order valence-corrected chi connectivity index (χ4v) is 5.79.